The lowest BCUT2D eigenvalue weighted by Crippen LogP contribution is -2.15. The molecular formula is C14H17N3O. The van der Waals surface area contributed by atoms with Crippen LogP contribution in [0.25, 0.3) is 0 Å². The van der Waals surface area contributed by atoms with Crippen molar-refractivity contribution in [2.75, 3.05) is 5.32 Å². The van der Waals surface area contributed by atoms with Gasteiger partial charge in [-0.15, -0.1) is 0 Å². The second-order valence-electron chi connectivity index (χ2n) is 4.31. The molecule has 0 unspecified atom stereocenters. The average Bonchev–Trinajstić information content (AvgIpc) is 2.66. The number of benzene rings is 1. The summed E-state index contributed by atoms with van der Waals surface area (Å²) in [6.45, 7) is 4.56. The van der Waals surface area contributed by atoms with Crippen LogP contribution in [0.15, 0.2) is 36.4 Å². The largest absolute Gasteiger partial charge is 0.326 e. The number of rotatable bonds is 4. The van der Waals surface area contributed by atoms with Crippen molar-refractivity contribution in [3.63, 3.8) is 0 Å². The molecule has 0 aliphatic rings. The predicted octanol–water partition coefficient (Wildman–Crippen LogP) is 2.53. The van der Waals surface area contributed by atoms with Gasteiger partial charge in [-0.05, 0) is 32.0 Å². The minimum Gasteiger partial charge on any atom is -0.326 e. The Kier molecular flexibility index (Phi) is 3.77. The number of aryl methyl sites for hydroxylation is 3. The molecule has 0 radical (unpaired) electrons. The molecule has 2 rings (SSSR count). The zero-order valence-electron chi connectivity index (χ0n) is 10.7. The van der Waals surface area contributed by atoms with E-state index in [1.165, 1.54) is 0 Å². The van der Waals surface area contributed by atoms with Gasteiger partial charge in [0.05, 0.1) is 5.69 Å². The minimum absolute atomic E-state index is 0.00810. The molecule has 1 N–H and O–H groups in total. The number of para-hydroxylation sites is 1. The van der Waals surface area contributed by atoms with Gasteiger partial charge in [0.25, 0.3) is 0 Å². The summed E-state index contributed by atoms with van der Waals surface area (Å²) in [6, 6.07) is 11.5. The van der Waals surface area contributed by atoms with Crippen LogP contribution < -0.4 is 5.32 Å². The first-order valence-electron chi connectivity index (χ1n) is 6.01. The number of hydrogen-bond acceptors (Lipinski definition) is 2. The summed E-state index contributed by atoms with van der Waals surface area (Å²) in [5.74, 6) is 0.00810. The molecule has 0 saturated heterocycles. The average molecular weight is 243 g/mol. The maximum Gasteiger partial charge on any atom is 0.226 e. The van der Waals surface area contributed by atoms with Crippen molar-refractivity contribution in [3.8, 4) is 0 Å². The summed E-state index contributed by atoms with van der Waals surface area (Å²) in [5.41, 5.74) is 2.90. The SMILES string of the molecule is Cc1cc(C)n(CCC(=O)Nc2ccccc2)n1. The summed E-state index contributed by atoms with van der Waals surface area (Å²) < 4.78 is 1.86. The van der Waals surface area contributed by atoms with Crippen molar-refractivity contribution >= 4 is 11.6 Å². The maximum absolute atomic E-state index is 11.8. The van der Waals surface area contributed by atoms with Gasteiger partial charge < -0.3 is 5.32 Å². The van der Waals surface area contributed by atoms with Crippen LogP contribution in [0.5, 0.6) is 0 Å². The Labute approximate surface area is 107 Å². The molecule has 0 atom stereocenters. The van der Waals surface area contributed by atoms with Gasteiger partial charge in [0.2, 0.25) is 5.91 Å². The first-order chi connectivity index (χ1) is 8.65. The number of carbonyl (C=O) groups excluding carboxylic acids is 1. The lowest BCUT2D eigenvalue weighted by atomic mass is 10.3. The minimum atomic E-state index is 0.00810. The van der Waals surface area contributed by atoms with Crippen LogP contribution in [-0.2, 0) is 11.3 Å². The lowest BCUT2D eigenvalue weighted by Gasteiger charge is -2.06. The number of carbonyl (C=O) groups is 1. The molecule has 1 aromatic carbocycles. The van der Waals surface area contributed by atoms with Crippen molar-refractivity contribution in [1.29, 1.82) is 0 Å². The van der Waals surface area contributed by atoms with Crippen molar-refractivity contribution in [2.24, 2.45) is 0 Å². The highest BCUT2D eigenvalue weighted by atomic mass is 16.1. The standard InChI is InChI=1S/C14H17N3O/c1-11-10-12(2)17(16-11)9-8-14(18)15-13-6-4-3-5-7-13/h3-7,10H,8-9H2,1-2H3,(H,15,18). The Morgan fingerprint density at radius 1 is 1.28 bits per heavy atom. The van der Waals surface area contributed by atoms with Crippen LogP contribution in [0.2, 0.25) is 0 Å². The Bertz CT molecular complexity index is 531. The number of anilines is 1. The van der Waals surface area contributed by atoms with E-state index in [4.69, 9.17) is 0 Å². The normalized spacial score (nSPS) is 10.3. The van der Waals surface area contributed by atoms with Gasteiger partial charge in [0.1, 0.15) is 0 Å². The topological polar surface area (TPSA) is 46.9 Å². The maximum atomic E-state index is 11.8. The summed E-state index contributed by atoms with van der Waals surface area (Å²) in [4.78, 5) is 11.8. The summed E-state index contributed by atoms with van der Waals surface area (Å²) in [7, 11) is 0. The smallest absolute Gasteiger partial charge is 0.226 e. The number of nitrogens with one attached hydrogen (secondary N) is 1. The number of amides is 1. The van der Waals surface area contributed by atoms with Crippen molar-refractivity contribution in [3.05, 3.63) is 47.8 Å². The molecule has 0 aliphatic heterocycles. The van der Waals surface area contributed by atoms with Gasteiger partial charge in [-0.1, -0.05) is 18.2 Å². The molecule has 1 aromatic heterocycles. The molecule has 0 bridgehead atoms. The first kappa shape index (κ1) is 12.4. The lowest BCUT2D eigenvalue weighted by molar-refractivity contribution is -0.116. The van der Waals surface area contributed by atoms with E-state index in [9.17, 15) is 4.79 Å². The highest BCUT2D eigenvalue weighted by Crippen LogP contribution is 2.07. The second kappa shape index (κ2) is 5.49. The number of aromatic nitrogens is 2. The van der Waals surface area contributed by atoms with E-state index >= 15 is 0 Å². The highest BCUT2D eigenvalue weighted by Gasteiger charge is 2.05. The zero-order chi connectivity index (χ0) is 13.0. The van der Waals surface area contributed by atoms with Crippen LogP contribution in [0.3, 0.4) is 0 Å². The van der Waals surface area contributed by atoms with Gasteiger partial charge in [-0.2, -0.15) is 5.10 Å². The molecule has 18 heavy (non-hydrogen) atoms. The molecular weight excluding hydrogens is 226 g/mol. The van der Waals surface area contributed by atoms with Crippen molar-refractivity contribution < 1.29 is 4.79 Å². The van der Waals surface area contributed by atoms with Crippen molar-refractivity contribution in [2.45, 2.75) is 26.8 Å². The zero-order valence-corrected chi connectivity index (χ0v) is 10.7. The quantitative estimate of drug-likeness (QED) is 0.897. The van der Waals surface area contributed by atoms with Crippen LogP contribution >= 0.6 is 0 Å². The summed E-state index contributed by atoms with van der Waals surface area (Å²) >= 11 is 0. The molecule has 2 aromatic rings. The van der Waals surface area contributed by atoms with E-state index in [2.05, 4.69) is 10.4 Å². The van der Waals surface area contributed by atoms with E-state index in [0.29, 0.717) is 13.0 Å². The molecule has 4 nitrogen and oxygen atoms in total. The van der Waals surface area contributed by atoms with E-state index < -0.39 is 0 Å². The van der Waals surface area contributed by atoms with E-state index in [0.717, 1.165) is 17.1 Å². The van der Waals surface area contributed by atoms with E-state index in [1.807, 2.05) is 54.9 Å². The van der Waals surface area contributed by atoms with Gasteiger partial charge in [-0.25, -0.2) is 0 Å². The number of hydrogen-bond donors (Lipinski definition) is 1. The van der Waals surface area contributed by atoms with Crippen LogP contribution in [0.1, 0.15) is 17.8 Å². The van der Waals surface area contributed by atoms with Crippen LogP contribution in [-0.4, -0.2) is 15.7 Å². The first-order valence-corrected chi connectivity index (χ1v) is 6.01. The second-order valence-corrected chi connectivity index (χ2v) is 4.31. The van der Waals surface area contributed by atoms with E-state index in [1.54, 1.807) is 0 Å². The monoisotopic (exact) mass is 243 g/mol. The molecule has 94 valence electrons. The van der Waals surface area contributed by atoms with Crippen LogP contribution in [0, 0.1) is 13.8 Å². The molecule has 1 heterocycles. The Morgan fingerprint density at radius 2 is 2.00 bits per heavy atom. The molecule has 4 heteroatoms. The summed E-state index contributed by atoms with van der Waals surface area (Å²) in [5, 5.41) is 7.18. The van der Waals surface area contributed by atoms with E-state index in [-0.39, 0.29) is 5.91 Å². The molecule has 0 spiro atoms. The fourth-order valence-electron chi connectivity index (χ4n) is 1.85. The molecule has 0 saturated carbocycles. The molecule has 0 fully saturated rings. The molecule has 1 amide bonds. The van der Waals surface area contributed by atoms with Crippen molar-refractivity contribution in [1.82, 2.24) is 9.78 Å². The Hall–Kier alpha value is -2.10. The van der Waals surface area contributed by atoms with Gasteiger partial charge in [0, 0.05) is 24.3 Å². The highest BCUT2D eigenvalue weighted by molar-refractivity contribution is 5.90. The summed E-state index contributed by atoms with van der Waals surface area (Å²) in [6.07, 6.45) is 0.427. The predicted molar refractivity (Wildman–Crippen MR) is 71.4 cm³/mol. The number of nitrogens with zero attached hydrogens (tertiary/aromatic N) is 2. The third-order valence-electron chi connectivity index (χ3n) is 2.71. The fraction of sp³-hybridized carbons (Fsp3) is 0.286. The third-order valence-corrected chi connectivity index (χ3v) is 2.71. The van der Waals surface area contributed by atoms with Gasteiger partial charge in [0.15, 0.2) is 0 Å². The van der Waals surface area contributed by atoms with Gasteiger partial charge >= 0.3 is 0 Å². The van der Waals surface area contributed by atoms with Crippen LogP contribution in [0.4, 0.5) is 5.69 Å². The molecule has 0 aliphatic carbocycles. The Balaban J connectivity index is 1.87. The third kappa shape index (κ3) is 3.20. The van der Waals surface area contributed by atoms with Gasteiger partial charge in [-0.3, -0.25) is 9.48 Å². The Morgan fingerprint density at radius 3 is 2.61 bits per heavy atom. The fourth-order valence-corrected chi connectivity index (χ4v) is 1.85.